The lowest BCUT2D eigenvalue weighted by molar-refractivity contribution is -0.142. The first-order valence-corrected chi connectivity index (χ1v) is 9.41. The van der Waals surface area contributed by atoms with E-state index in [1.165, 1.54) is 11.8 Å². The Morgan fingerprint density at radius 2 is 2.24 bits per heavy atom. The van der Waals surface area contributed by atoms with Gasteiger partial charge in [-0.2, -0.15) is 11.8 Å². The Morgan fingerprint density at radius 3 is 2.92 bits per heavy atom. The van der Waals surface area contributed by atoms with E-state index in [9.17, 15) is 19.5 Å². The molecule has 0 aromatic heterocycles. The molecule has 6 nitrogen and oxygen atoms in total. The van der Waals surface area contributed by atoms with E-state index in [1.54, 1.807) is 36.0 Å². The predicted molar refractivity (Wildman–Crippen MR) is 93.7 cm³/mol. The molecular weight excluding hydrogens is 342 g/mol. The zero-order valence-electron chi connectivity index (χ0n) is 14.1. The molecule has 1 N–H and O–H groups in total. The Hall–Kier alpha value is -1.86. The second kappa shape index (κ2) is 7.17. The van der Waals surface area contributed by atoms with E-state index in [0.717, 1.165) is 12.2 Å². The summed E-state index contributed by atoms with van der Waals surface area (Å²) in [5.74, 6) is 1.59. The van der Waals surface area contributed by atoms with Crippen molar-refractivity contribution in [3.63, 3.8) is 0 Å². The number of hydrogen-bond donors (Lipinski definition) is 1. The maximum atomic E-state index is 12.6. The van der Waals surface area contributed by atoms with Gasteiger partial charge in [-0.1, -0.05) is 12.1 Å². The highest BCUT2D eigenvalue weighted by molar-refractivity contribution is 7.99. The molecular formula is C18H21NO5S. The van der Waals surface area contributed by atoms with Crippen LogP contribution in [0.2, 0.25) is 0 Å². The average Bonchev–Trinajstić information content (AvgIpc) is 3.14. The van der Waals surface area contributed by atoms with Gasteiger partial charge in [0, 0.05) is 17.7 Å². The highest BCUT2D eigenvalue weighted by atomic mass is 32.2. The molecule has 25 heavy (non-hydrogen) atoms. The molecule has 2 heterocycles. The molecule has 2 aliphatic heterocycles. The van der Waals surface area contributed by atoms with Gasteiger partial charge in [-0.3, -0.25) is 19.3 Å². The van der Waals surface area contributed by atoms with E-state index in [1.807, 2.05) is 0 Å². The summed E-state index contributed by atoms with van der Waals surface area (Å²) in [6.07, 6.45) is -0.00550. The molecule has 2 fully saturated rings. The first-order valence-electron chi connectivity index (χ1n) is 8.26. The summed E-state index contributed by atoms with van der Waals surface area (Å²) < 4.78 is 5.50. The molecule has 2 amide bonds. The van der Waals surface area contributed by atoms with Crippen molar-refractivity contribution in [2.75, 3.05) is 24.7 Å². The second-order valence-corrected chi connectivity index (χ2v) is 7.72. The number of amides is 2. The molecule has 7 heteroatoms. The predicted octanol–water partition coefficient (Wildman–Crippen LogP) is 1.51. The van der Waals surface area contributed by atoms with Crippen molar-refractivity contribution in [3.05, 3.63) is 29.8 Å². The number of thioether (sulfide) groups is 1. The number of aliphatic hydroxyl groups excluding tert-OH is 1. The minimum atomic E-state index is -0.974. The van der Waals surface area contributed by atoms with Crippen LogP contribution in [0.1, 0.15) is 30.1 Å². The van der Waals surface area contributed by atoms with Crippen molar-refractivity contribution in [1.29, 1.82) is 0 Å². The van der Waals surface area contributed by atoms with E-state index in [-0.39, 0.29) is 37.2 Å². The summed E-state index contributed by atoms with van der Waals surface area (Å²) in [6, 6.07) is 6.68. The number of hydrogen-bond acceptors (Lipinski definition) is 6. The molecule has 2 aliphatic rings. The van der Waals surface area contributed by atoms with Crippen LogP contribution in [0.3, 0.4) is 0 Å². The standard InChI is InChI=1S/C18H21NO5S/c1-12(20)13-3-2-4-15(7-13)24-10-14(21)9-19-16(22)8-18(17(19)23)5-6-25-11-18/h2-4,7,14,21H,5-6,8-11H2,1H3. The molecule has 2 unspecified atom stereocenters. The lowest BCUT2D eigenvalue weighted by Crippen LogP contribution is -2.41. The van der Waals surface area contributed by atoms with Gasteiger partial charge in [0.1, 0.15) is 18.5 Å². The Labute approximate surface area is 150 Å². The van der Waals surface area contributed by atoms with Gasteiger partial charge in [-0.05, 0) is 31.2 Å². The lowest BCUT2D eigenvalue weighted by Gasteiger charge is -2.22. The Kier molecular flexibility index (Phi) is 5.15. The minimum Gasteiger partial charge on any atom is -0.491 e. The topological polar surface area (TPSA) is 83.9 Å². The van der Waals surface area contributed by atoms with Crippen LogP contribution in [0.5, 0.6) is 5.75 Å². The highest BCUT2D eigenvalue weighted by Gasteiger charge is 2.53. The van der Waals surface area contributed by atoms with Crippen molar-refractivity contribution < 1.29 is 24.2 Å². The number of likely N-dealkylation sites (tertiary alicyclic amines) is 1. The van der Waals surface area contributed by atoms with Crippen LogP contribution >= 0.6 is 11.8 Å². The van der Waals surface area contributed by atoms with Crippen LogP contribution in [0.15, 0.2) is 24.3 Å². The number of imide groups is 1. The molecule has 2 saturated heterocycles. The molecule has 0 radical (unpaired) electrons. The number of β-amino-alcohol motifs (C(OH)–C–C–N with tert-alkyl or cyclic N) is 1. The molecule has 0 saturated carbocycles. The number of nitrogens with zero attached hydrogens (tertiary/aromatic N) is 1. The molecule has 3 rings (SSSR count). The number of rotatable bonds is 6. The first-order chi connectivity index (χ1) is 11.9. The highest BCUT2D eigenvalue weighted by Crippen LogP contribution is 2.44. The fourth-order valence-electron chi connectivity index (χ4n) is 3.22. The van der Waals surface area contributed by atoms with Crippen LogP contribution in [-0.4, -0.2) is 58.4 Å². The molecule has 1 aromatic rings. The zero-order chi connectivity index (χ0) is 18.0. The molecule has 134 valence electrons. The van der Waals surface area contributed by atoms with Crippen LogP contribution in [0.25, 0.3) is 0 Å². The SMILES string of the molecule is CC(=O)c1cccc(OCC(O)CN2C(=O)CC3(CCSC3)C2=O)c1. The van der Waals surface area contributed by atoms with Gasteiger partial charge in [0.25, 0.3) is 0 Å². The van der Waals surface area contributed by atoms with E-state index in [4.69, 9.17) is 4.74 Å². The number of Topliss-reactive ketones (excluding diaryl/α,β-unsaturated/α-hetero) is 1. The van der Waals surface area contributed by atoms with Crippen LogP contribution in [0, 0.1) is 5.41 Å². The van der Waals surface area contributed by atoms with Gasteiger partial charge in [0.2, 0.25) is 11.8 Å². The number of benzene rings is 1. The van der Waals surface area contributed by atoms with Crippen molar-refractivity contribution in [2.24, 2.45) is 5.41 Å². The smallest absolute Gasteiger partial charge is 0.236 e. The van der Waals surface area contributed by atoms with Crippen LogP contribution < -0.4 is 4.74 Å². The summed E-state index contributed by atoms with van der Waals surface area (Å²) in [5, 5.41) is 10.2. The molecule has 0 bridgehead atoms. The van der Waals surface area contributed by atoms with Gasteiger partial charge in [-0.25, -0.2) is 0 Å². The molecule has 1 spiro atoms. The van der Waals surface area contributed by atoms with E-state index in [0.29, 0.717) is 17.1 Å². The first kappa shape index (κ1) is 17.9. The van der Waals surface area contributed by atoms with Crippen molar-refractivity contribution >= 4 is 29.4 Å². The summed E-state index contributed by atoms with van der Waals surface area (Å²) in [6.45, 7) is 1.35. The fraction of sp³-hybridized carbons (Fsp3) is 0.500. The number of carbonyl (C=O) groups is 3. The molecule has 2 atom stereocenters. The Morgan fingerprint density at radius 1 is 1.44 bits per heavy atom. The van der Waals surface area contributed by atoms with E-state index in [2.05, 4.69) is 0 Å². The third kappa shape index (κ3) is 3.72. The zero-order valence-corrected chi connectivity index (χ0v) is 14.9. The third-order valence-corrected chi connectivity index (χ3v) is 5.92. The number of ketones is 1. The average molecular weight is 363 g/mol. The summed E-state index contributed by atoms with van der Waals surface area (Å²) in [5.41, 5.74) is -0.0319. The normalized spacial score (nSPS) is 24.2. The lowest BCUT2D eigenvalue weighted by atomic mass is 9.86. The van der Waals surface area contributed by atoms with Crippen molar-refractivity contribution in [3.8, 4) is 5.75 Å². The maximum absolute atomic E-state index is 12.6. The number of carbonyl (C=O) groups excluding carboxylic acids is 3. The largest absolute Gasteiger partial charge is 0.491 e. The monoisotopic (exact) mass is 363 g/mol. The van der Waals surface area contributed by atoms with Crippen molar-refractivity contribution in [1.82, 2.24) is 4.90 Å². The van der Waals surface area contributed by atoms with Crippen molar-refractivity contribution in [2.45, 2.75) is 25.9 Å². The third-order valence-electron chi connectivity index (χ3n) is 4.67. The maximum Gasteiger partial charge on any atom is 0.236 e. The Bertz CT molecular complexity index is 698. The Balaban J connectivity index is 1.57. The second-order valence-electron chi connectivity index (χ2n) is 6.62. The van der Waals surface area contributed by atoms with Gasteiger partial charge in [-0.15, -0.1) is 0 Å². The minimum absolute atomic E-state index is 0.0554. The summed E-state index contributed by atoms with van der Waals surface area (Å²) in [4.78, 5) is 37.3. The molecule has 0 aliphatic carbocycles. The quantitative estimate of drug-likeness (QED) is 0.609. The van der Waals surface area contributed by atoms with E-state index >= 15 is 0 Å². The van der Waals surface area contributed by atoms with Crippen LogP contribution in [-0.2, 0) is 9.59 Å². The number of ether oxygens (including phenoxy) is 1. The van der Waals surface area contributed by atoms with Gasteiger partial charge < -0.3 is 9.84 Å². The van der Waals surface area contributed by atoms with Gasteiger partial charge >= 0.3 is 0 Å². The molecule has 1 aromatic carbocycles. The summed E-state index contributed by atoms with van der Waals surface area (Å²) >= 11 is 1.69. The van der Waals surface area contributed by atoms with Crippen LogP contribution in [0.4, 0.5) is 0 Å². The van der Waals surface area contributed by atoms with Gasteiger partial charge in [0.15, 0.2) is 5.78 Å². The van der Waals surface area contributed by atoms with E-state index < -0.39 is 11.5 Å². The fourth-order valence-corrected chi connectivity index (χ4v) is 4.66. The summed E-state index contributed by atoms with van der Waals surface area (Å²) in [7, 11) is 0. The van der Waals surface area contributed by atoms with Gasteiger partial charge in [0.05, 0.1) is 12.0 Å². The number of aliphatic hydroxyl groups is 1.